The Labute approximate surface area is 171 Å². The van der Waals surface area contributed by atoms with Gasteiger partial charge in [-0.05, 0) is 50.2 Å². The van der Waals surface area contributed by atoms with E-state index in [4.69, 9.17) is 0 Å². The number of nitrogens with zero attached hydrogens (tertiary/aromatic N) is 1. The number of amides is 3. The molecule has 0 radical (unpaired) electrons. The predicted octanol–water partition coefficient (Wildman–Crippen LogP) is 1.54. The summed E-state index contributed by atoms with van der Waals surface area (Å²) in [4.78, 5) is 38.9. The van der Waals surface area contributed by atoms with Crippen LogP contribution in [0.25, 0.3) is 0 Å². The van der Waals surface area contributed by atoms with Crippen molar-refractivity contribution in [2.75, 3.05) is 35.7 Å². The molecule has 3 amide bonds. The fraction of sp³-hybridized carbons (Fsp3) is 0.318. The number of rotatable bonds is 8. The van der Waals surface area contributed by atoms with E-state index >= 15 is 0 Å². The number of likely N-dealkylation sites (N-methyl/N-ethyl adjacent to an activating group) is 2. The summed E-state index contributed by atoms with van der Waals surface area (Å²) >= 11 is 0. The Bertz CT molecular complexity index is 837. The minimum atomic E-state index is -0.363. The van der Waals surface area contributed by atoms with E-state index in [1.807, 2.05) is 44.2 Å². The topological polar surface area (TPSA) is 83.0 Å². The van der Waals surface area contributed by atoms with Crippen molar-refractivity contribution >= 4 is 34.8 Å². The van der Waals surface area contributed by atoms with Crippen molar-refractivity contribution in [2.24, 2.45) is 0 Å². The molecule has 0 saturated carbocycles. The third kappa shape index (κ3) is 6.43. The zero-order chi connectivity index (χ0) is 21.4. The van der Waals surface area contributed by atoms with Crippen LogP contribution in [0, 0.1) is 0 Å². The van der Waals surface area contributed by atoms with Crippen LogP contribution >= 0.6 is 0 Å². The third-order valence-electron chi connectivity index (χ3n) is 4.79. The number of anilines is 3. The molecule has 0 heterocycles. The second-order valence-corrected chi connectivity index (χ2v) is 6.95. The number of hydrogen-bond acceptors (Lipinski definition) is 3. The van der Waals surface area contributed by atoms with E-state index in [0.29, 0.717) is 17.9 Å². The average molecular weight is 397 g/mol. The minimum Gasteiger partial charge on any atom is -0.326 e. The summed E-state index contributed by atoms with van der Waals surface area (Å²) in [6.07, 6.45) is 0. The van der Waals surface area contributed by atoms with Crippen molar-refractivity contribution in [1.29, 1.82) is 0 Å². The Morgan fingerprint density at radius 3 is 2.03 bits per heavy atom. The fourth-order valence-corrected chi connectivity index (χ4v) is 3.08. The highest BCUT2D eigenvalue weighted by atomic mass is 16.2. The van der Waals surface area contributed by atoms with Crippen molar-refractivity contribution in [3.63, 3.8) is 0 Å². The Morgan fingerprint density at radius 2 is 1.52 bits per heavy atom. The molecule has 2 rings (SSSR count). The average Bonchev–Trinajstić information content (AvgIpc) is 2.72. The predicted molar refractivity (Wildman–Crippen MR) is 115 cm³/mol. The Kier molecular flexibility index (Phi) is 7.91. The summed E-state index contributed by atoms with van der Waals surface area (Å²) in [6, 6.07) is 16.0. The van der Waals surface area contributed by atoms with Crippen LogP contribution in [0.3, 0.4) is 0 Å². The summed E-state index contributed by atoms with van der Waals surface area (Å²) in [7, 11) is 1.75. The van der Waals surface area contributed by atoms with Crippen LogP contribution in [0.2, 0.25) is 0 Å². The SMILES string of the molecule is CC[NH+](CC(=O)Nc1ccc(NC(C)=O)cc1)[C@@H](C)C(=O)N(C)c1ccccc1. The first-order chi connectivity index (χ1) is 13.8. The molecular formula is C22H29N4O3+. The Morgan fingerprint density at radius 1 is 0.966 bits per heavy atom. The van der Waals surface area contributed by atoms with Crippen molar-refractivity contribution in [3.8, 4) is 0 Å². The first kappa shape index (κ1) is 22.1. The number of carbonyl (C=O) groups excluding carboxylic acids is 3. The Hall–Kier alpha value is -3.19. The number of hydrogen-bond donors (Lipinski definition) is 3. The van der Waals surface area contributed by atoms with E-state index in [0.717, 1.165) is 10.6 Å². The van der Waals surface area contributed by atoms with Crippen LogP contribution in [0.5, 0.6) is 0 Å². The maximum atomic E-state index is 12.8. The second kappa shape index (κ2) is 10.4. The monoisotopic (exact) mass is 397 g/mol. The number of carbonyl (C=O) groups is 3. The number of nitrogens with one attached hydrogen (secondary N) is 3. The standard InChI is InChI=1S/C22H28N4O3/c1-5-26(16(2)22(29)25(4)20-9-7-6-8-10-20)15-21(28)24-19-13-11-18(12-14-19)23-17(3)27/h6-14,16H,5,15H2,1-4H3,(H,23,27)(H,24,28)/p+1/t16-/m0/s1. The van der Waals surface area contributed by atoms with Gasteiger partial charge < -0.3 is 20.4 Å². The molecule has 3 N–H and O–H groups in total. The lowest BCUT2D eigenvalue weighted by Gasteiger charge is -2.27. The van der Waals surface area contributed by atoms with Crippen LogP contribution < -0.4 is 20.4 Å². The quantitative estimate of drug-likeness (QED) is 0.632. The molecule has 2 aromatic carbocycles. The van der Waals surface area contributed by atoms with Crippen molar-refractivity contribution in [3.05, 3.63) is 54.6 Å². The molecule has 7 heteroatoms. The van der Waals surface area contributed by atoms with Crippen molar-refractivity contribution in [1.82, 2.24) is 0 Å². The van der Waals surface area contributed by atoms with Gasteiger partial charge in [0.15, 0.2) is 12.6 Å². The van der Waals surface area contributed by atoms with Gasteiger partial charge in [0.05, 0.1) is 6.54 Å². The molecule has 1 unspecified atom stereocenters. The second-order valence-electron chi connectivity index (χ2n) is 6.95. The lowest BCUT2D eigenvalue weighted by atomic mass is 10.2. The lowest BCUT2D eigenvalue weighted by molar-refractivity contribution is -0.904. The third-order valence-corrected chi connectivity index (χ3v) is 4.79. The highest BCUT2D eigenvalue weighted by Crippen LogP contribution is 2.13. The highest BCUT2D eigenvalue weighted by Gasteiger charge is 2.29. The van der Waals surface area contributed by atoms with Gasteiger partial charge in [0.1, 0.15) is 0 Å². The van der Waals surface area contributed by atoms with Crippen molar-refractivity contribution < 1.29 is 19.3 Å². The highest BCUT2D eigenvalue weighted by molar-refractivity contribution is 5.96. The zero-order valence-corrected chi connectivity index (χ0v) is 17.4. The molecule has 7 nitrogen and oxygen atoms in total. The maximum absolute atomic E-state index is 12.8. The van der Waals surface area contributed by atoms with Gasteiger partial charge in [-0.2, -0.15) is 0 Å². The lowest BCUT2D eigenvalue weighted by Crippen LogP contribution is -3.17. The fourth-order valence-electron chi connectivity index (χ4n) is 3.08. The van der Waals surface area contributed by atoms with Crippen LogP contribution in [-0.2, 0) is 14.4 Å². The van der Waals surface area contributed by atoms with Gasteiger partial charge in [-0.1, -0.05) is 18.2 Å². The summed E-state index contributed by atoms with van der Waals surface area (Å²) < 4.78 is 0. The van der Waals surface area contributed by atoms with Crippen LogP contribution in [0.4, 0.5) is 17.1 Å². The van der Waals surface area contributed by atoms with E-state index in [2.05, 4.69) is 10.6 Å². The van der Waals surface area contributed by atoms with Crippen LogP contribution in [0.15, 0.2) is 54.6 Å². The van der Waals surface area contributed by atoms with Gasteiger partial charge in [0.25, 0.3) is 11.8 Å². The van der Waals surface area contributed by atoms with Gasteiger partial charge in [-0.25, -0.2) is 0 Å². The van der Waals surface area contributed by atoms with Gasteiger partial charge >= 0.3 is 0 Å². The molecule has 0 aromatic heterocycles. The number of quaternary nitrogens is 1. The normalized spacial score (nSPS) is 12.6. The molecule has 154 valence electrons. The van der Waals surface area contributed by atoms with E-state index in [1.54, 1.807) is 36.2 Å². The van der Waals surface area contributed by atoms with E-state index in [1.165, 1.54) is 6.92 Å². The first-order valence-corrected chi connectivity index (χ1v) is 9.66. The Balaban J connectivity index is 1.96. The molecule has 2 atom stereocenters. The first-order valence-electron chi connectivity index (χ1n) is 9.66. The molecule has 2 aromatic rings. The summed E-state index contributed by atoms with van der Waals surface area (Å²) in [6.45, 7) is 6.06. The molecule has 0 spiro atoms. The van der Waals surface area contributed by atoms with Gasteiger partial charge in [-0.3, -0.25) is 14.4 Å². The number of benzene rings is 2. The van der Waals surface area contributed by atoms with Gasteiger partial charge in [0, 0.05) is 31.0 Å². The van der Waals surface area contributed by atoms with E-state index < -0.39 is 0 Å². The van der Waals surface area contributed by atoms with E-state index in [9.17, 15) is 14.4 Å². The molecule has 29 heavy (non-hydrogen) atoms. The maximum Gasteiger partial charge on any atom is 0.284 e. The summed E-state index contributed by atoms with van der Waals surface area (Å²) in [5, 5.41) is 5.52. The zero-order valence-electron chi connectivity index (χ0n) is 17.4. The molecule has 0 bridgehead atoms. The summed E-state index contributed by atoms with van der Waals surface area (Å²) in [5.41, 5.74) is 2.13. The van der Waals surface area contributed by atoms with Crippen molar-refractivity contribution in [2.45, 2.75) is 26.8 Å². The molecular weight excluding hydrogens is 368 g/mol. The smallest absolute Gasteiger partial charge is 0.284 e. The van der Waals surface area contributed by atoms with Gasteiger partial charge in [0.2, 0.25) is 5.91 Å². The molecule has 0 saturated heterocycles. The molecule has 0 fully saturated rings. The van der Waals surface area contributed by atoms with Crippen LogP contribution in [-0.4, -0.2) is 43.9 Å². The number of para-hydroxylation sites is 1. The largest absolute Gasteiger partial charge is 0.326 e. The van der Waals surface area contributed by atoms with Gasteiger partial charge in [-0.15, -0.1) is 0 Å². The van der Waals surface area contributed by atoms with E-state index in [-0.39, 0.29) is 30.3 Å². The minimum absolute atomic E-state index is 0.0412. The molecule has 0 aliphatic heterocycles. The summed E-state index contributed by atoms with van der Waals surface area (Å²) in [5.74, 6) is -0.361. The molecule has 0 aliphatic carbocycles. The molecule has 0 aliphatic rings. The van der Waals surface area contributed by atoms with Crippen LogP contribution in [0.1, 0.15) is 20.8 Å².